The number of likely N-dealkylation sites (N-methyl/N-ethyl adjacent to an activating group) is 1. The second-order valence-corrected chi connectivity index (χ2v) is 9.20. The highest BCUT2D eigenvalue weighted by Gasteiger charge is 2.68. The number of hydrogen-bond donors (Lipinski definition) is 4. The van der Waals surface area contributed by atoms with Gasteiger partial charge in [0.05, 0.1) is 18.7 Å². The molecule has 4 amide bonds. The van der Waals surface area contributed by atoms with Crippen LogP contribution in [0.4, 0.5) is 10.5 Å². The van der Waals surface area contributed by atoms with Gasteiger partial charge in [-0.3, -0.25) is 24.1 Å². The fraction of sp³-hybridized carbons (Fsp3) is 0.269. The van der Waals surface area contributed by atoms with E-state index >= 15 is 0 Å². The zero-order valence-corrected chi connectivity index (χ0v) is 21.8. The van der Waals surface area contributed by atoms with Gasteiger partial charge >= 0.3 is 18.0 Å². The predicted molar refractivity (Wildman–Crippen MR) is 141 cm³/mol. The van der Waals surface area contributed by atoms with Gasteiger partial charge in [0.2, 0.25) is 5.91 Å². The second kappa shape index (κ2) is 10.9. The van der Waals surface area contributed by atoms with E-state index in [1.807, 2.05) is 0 Å². The van der Waals surface area contributed by atoms with Gasteiger partial charge in [-0.1, -0.05) is 42.5 Å². The zero-order valence-electron chi connectivity index (χ0n) is 21.8. The number of urea groups is 1. The van der Waals surface area contributed by atoms with Gasteiger partial charge in [0.1, 0.15) is 5.54 Å². The maximum absolute atomic E-state index is 14.2. The number of carbonyl (C=O) groups is 6. The van der Waals surface area contributed by atoms with E-state index in [2.05, 4.69) is 5.10 Å². The third-order valence-electron chi connectivity index (χ3n) is 6.85. The van der Waals surface area contributed by atoms with E-state index in [1.165, 1.54) is 62.7 Å². The zero-order chi connectivity index (χ0) is 30.0. The van der Waals surface area contributed by atoms with Gasteiger partial charge in [0.25, 0.3) is 11.6 Å². The fourth-order valence-corrected chi connectivity index (χ4v) is 4.62. The van der Waals surface area contributed by atoms with Gasteiger partial charge < -0.3 is 26.7 Å². The van der Waals surface area contributed by atoms with Crippen LogP contribution in [-0.2, 0) is 29.5 Å². The van der Waals surface area contributed by atoms with Crippen molar-refractivity contribution >= 4 is 47.5 Å². The molecule has 14 heteroatoms. The van der Waals surface area contributed by atoms with Crippen LogP contribution >= 0.6 is 0 Å². The number of amides is 4. The van der Waals surface area contributed by atoms with Gasteiger partial charge in [0.15, 0.2) is 5.78 Å². The number of ketones is 1. The molecule has 0 saturated carbocycles. The molecule has 40 heavy (non-hydrogen) atoms. The van der Waals surface area contributed by atoms with E-state index in [9.17, 15) is 39.0 Å². The molecule has 1 aliphatic heterocycles. The molecule has 14 nitrogen and oxygen atoms in total. The number of benzene rings is 2. The molecule has 210 valence electrons. The average molecular weight is 553 g/mol. The summed E-state index contributed by atoms with van der Waals surface area (Å²) in [4.78, 5) is 81.0. The molecule has 0 radical (unpaired) electrons. The van der Waals surface area contributed by atoms with E-state index < -0.39 is 59.2 Å². The molecule has 0 unspecified atom stereocenters. The van der Waals surface area contributed by atoms with Crippen molar-refractivity contribution in [2.45, 2.75) is 37.5 Å². The smallest absolute Gasteiger partial charge is 0.360 e. The van der Waals surface area contributed by atoms with Crippen molar-refractivity contribution in [3.63, 3.8) is 0 Å². The van der Waals surface area contributed by atoms with Crippen molar-refractivity contribution in [2.75, 3.05) is 11.9 Å². The van der Waals surface area contributed by atoms with Crippen molar-refractivity contribution in [1.29, 1.82) is 0 Å². The van der Waals surface area contributed by atoms with Crippen molar-refractivity contribution in [1.82, 2.24) is 9.80 Å². The maximum Gasteiger partial charge on any atom is 0.360 e. The van der Waals surface area contributed by atoms with Gasteiger partial charge in [-0.25, -0.2) is 14.5 Å². The number of carboxylic acids is 2. The third kappa shape index (κ3) is 4.53. The average Bonchev–Trinajstić information content (AvgIpc) is 3.07. The van der Waals surface area contributed by atoms with Crippen LogP contribution < -0.4 is 16.5 Å². The van der Waals surface area contributed by atoms with E-state index in [-0.39, 0.29) is 16.2 Å². The van der Waals surface area contributed by atoms with Crippen molar-refractivity contribution in [3.8, 4) is 0 Å². The molecule has 0 spiro atoms. The Kier molecular flexibility index (Phi) is 8.05. The lowest BCUT2D eigenvalue weighted by molar-refractivity contribution is -0.162. The first-order valence-electron chi connectivity index (χ1n) is 11.8. The summed E-state index contributed by atoms with van der Waals surface area (Å²) < 4.78 is 0. The van der Waals surface area contributed by atoms with E-state index in [0.29, 0.717) is 10.5 Å². The molecule has 2 aromatic rings. The summed E-state index contributed by atoms with van der Waals surface area (Å²) in [5.41, 5.74) is 1.37. The van der Waals surface area contributed by atoms with Crippen LogP contribution in [0.1, 0.15) is 31.4 Å². The lowest BCUT2D eigenvalue weighted by Gasteiger charge is -2.43. The molecule has 0 aliphatic carbocycles. The van der Waals surface area contributed by atoms with Crippen LogP contribution in [0.5, 0.6) is 0 Å². The Balaban J connectivity index is 2.32. The fourth-order valence-electron chi connectivity index (χ4n) is 4.62. The highest BCUT2D eigenvalue weighted by Crippen LogP contribution is 2.42. The number of Topliss-reactive ketones (excluding diaryl/α,β-unsaturated/α-hetero) is 1. The summed E-state index contributed by atoms with van der Waals surface area (Å²) >= 11 is 0. The van der Waals surface area contributed by atoms with Crippen LogP contribution in [-0.4, -0.2) is 80.5 Å². The lowest BCUT2D eigenvalue weighted by atomic mass is 9.89. The highest BCUT2D eigenvalue weighted by molar-refractivity contribution is 6.24. The molecular weight excluding hydrogens is 524 g/mol. The summed E-state index contributed by atoms with van der Waals surface area (Å²) in [6.45, 7) is 2.16. The predicted octanol–water partition coefficient (Wildman–Crippen LogP) is 0.294. The van der Waals surface area contributed by atoms with Crippen LogP contribution in [0.25, 0.3) is 0 Å². The van der Waals surface area contributed by atoms with Crippen molar-refractivity contribution < 1.29 is 39.0 Å². The summed E-state index contributed by atoms with van der Waals surface area (Å²) in [5, 5.41) is 23.2. The number of aliphatic carboxylic acids is 2. The number of carboxylic acid groups (broad SMARTS) is 2. The molecule has 6 N–H and O–H groups in total. The summed E-state index contributed by atoms with van der Waals surface area (Å²) in [5.74, 6) is -2.05. The maximum atomic E-state index is 14.2. The molecular formula is C26H28N6O8. The molecule has 0 aromatic heterocycles. The number of imide groups is 1. The molecule has 3 atom stereocenters. The third-order valence-corrected chi connectivity index (χ3v) is 6.85. The SMILES string of the molecule is CC(=O)[C@](C(=O)O)(N1C(=O)N(C)[C@](C)(c2ccc(C=NN)cc2)C1=O)N(C(=O)[C@@H](N)CC(=O)O)c1ccccc1. The Bertz CT molecular complexity index is 1380. The minimum atomic E-state index is -3.26. The lowest BCUT2D eigenvalue weighted by Crippen LogP contribution is -2.74. The van der Waals surface area contributed by atoms with Gasteiger partial charge in [-0.15, -0.1) is 0 Å². The summed E-state index contributed by atoms with van der Waals surface area (Å²) in [6, 6.07) is 10.00. The number of nitrogens with zero attached hydrogens (tertiary/aromatic N) is 4. The van der Waals surface area contributed by atoms with E-state index in [0.717, 1.165) is 11.8 Å². The standard InChI is InChI=1S/C26H28N6O8/c1-15(33)26(23(38)39,31(18-7-5-4-6-8-18)21(36)19(27)13-20(34)35)32-22(37)25(2,30(3)24(32)40)17-11-9-16(10-12-17)14-29-28/h4-12,14,19H,13,27-28H2,1-3H3,(H,34,35)(H,38,39)/t19-,25+,26+/m0/s1. The Morgan fingerprint density at radius 3 is 2.12 bits per heavy atom. The molecule has 3 rings (SSSR count). The topological polar surface area (TPSA) is 217 Å². The van der Waals surface area contributed by atoms with Crippen molar-refractivity contribution in [3.05, 3.63) is 65.7 Å². The second-order valence-electron chi connectivity index (χ2n) is 9.20. The van der Waals surface area contributed by atoms with Gasteiger partial charge in [0, 0.05) is 12.7 Å². The van der Waals surface area contributed by atoms with E-state index in [4.69, 9.17) is 11.6 Å². The van der Waals surface area contributed by atoms with Gasteiger partial charge in [-0.2, -0.15) is 5.10 Å². The molecule has 1 heterocycles. The molecule has 1 fully saturated rings. The van der Waals surface area contributed by atoms with Crippen LogP contribution in [0.15, 0.2) is 59.7 Å². The Morgan fingerprint density at radius 2 is 1.65 bits per heavy atom. The number of nitrogens with two attached hydrogens (primary N) is 2. The largest absolute Gasteiger partial charge is 0.481 e. The van der Waals surface area contributed by atoms with Crippen LogP contribution in [0, 0.1) is 0 Å². The number of hydrogen-bond acceptors (Lipinski definition) is 9. The Hall–Kier alpha value is -5.11. The van der Waals surface area contributed by atoms with E-state index in [1.54, 1.807) is 12.1 Å². The first-order valence-corrected chi connectivity index (χ1v) is 11.8. The first kappa shape index (κ1) is 29.4. The summed E-state index contributed by atoms with van der Waals surface area (Å²) in [6.07, 6.45) is 0.423. The molecule has 1 aliphatic rings. The van der Waals surface area contributed by atoms with Crippen LogP contribution in [0.3, 0.4) is 0 Å². The van der Waals surface area contributed by atoms with Crippen molar-refractivity contribution in [2.24, 2.45) is 16.7 Å². The Labute approximate surface area is 228 Å². The van der Waals surface area contributed by atoms with Crippen LogP contribution in [0.2, 0.25) is 0 Å². The summed E-state index contributed by atoms with van der Waals surface area (Å²) in [7, 11) is 1.24. The quantitative estimate of drug-likeness (QED) is 0.104. The highest BCUT2D eigenvalue weighted by atomic mass is 16.4. The number of rotatable bonds is 10. The number of para-hydroxylation sites is 1. The Morgan fingerprint density at radius 1 is 1.07 bits per heavy atom. The molecule has 2 aromatic carbocycles. The number of anilines is 1. The first-order chi connectivity index (χ1) is 18.8. The normalized spacial score (nSPS) is 19.4. The minimum absolute atomic E-state index is 0.214. The molecule has 1 saturated heterocycles. The monoisotopic (exact) mass is 552 g/mol. The minimum Gasteiger partial charge on any atom is -0.481 e. The van der Waals surface area contributed by atoms with Gasteiger partial charge in [-0.05, 0) is 37.1 Å². The molecule has 0 bridgehead atoms. The number of hydrazone groups is 1. The number of carbonyl (C=O) groups excluding carboxylic acids is 4.